The SMILES string of the molecule is CCOCCn1cc(S(N)(=O)=O)c(=O)[nH]c1=O. The number of sulfonamides is 1. The first-order valence-electron chi connectivity index (χ1n) is 4.80. The van der Waals surface area contributed by atoms with Crippen LogP contribution in [-0.2, 0) is 21.3 Å². The van der Waals surface area contributed by atoms with Gasteiger partial charge in [-0.15, -0.1) is 0 Å². The summed E-state index contributed by atoms with van der Waals surface area (Å²) in [5.74, 6) is 0. The Morgan fingerprint density at radius 3 is 2.65 bits per heavy atom. The van der Waals surface area contributed by atoms with E-state index in [1.807, 2.05) is 4.98 Å². The lowest BCUT2D eigenvalue weighted by Gasteiger charge is -2.06. The Bertz CT molecular complexity index is 600. The van der Waals surface area contributed by atoms with Gasteiger partial charge in [0.15, 0.2) is 4.90 Å². The van der Waals surface area contributed by atoms with Gasteiger partial charge in [0.25, 0.3) is 5.56 Å². The molecule has 0 saturated heterocycles. The summed E-state index contributed by atoms with van der Waals surface area (Å²) in [5.41, 5.74) is -1.73. The zero-order valence-corrected chi connectivity index (χ0v) is 9.99. The number of H-pyrrole nitrogens is 1. The number of nitrogens with two attached hydrogens (primary N) is 1. The fraction of sp³-hybridized carbons (Fsp3) is 0.500. The van der Waals surface area contributed by atoms with Gasteiger partial charge >= 0.3 is 5.69 Å². The summed E-state index contributed by atoms with van der Waals surface area (Å²) in [6.45, 7) is 2.62. The van der Waals surface area contributed by atoms with E-state index in [2.05, 4.69) is 0 Å². The van der Waals surface area contributed by atoms with Crippen molar-refractivity contribution in [3.05, 3.63) is 27.0 Å². The van der Waals surface area contributed by atoms with Crippen LogP contribution in [0.25, 0.3) is 0 Å². The van der Waals surface area contributed by atoms with Crippen LogP contribution in [0.3, 0.4) is 0 Å². The maximum Gasteiger partial charge on any atom is 0.328 e. The van der Waals surface area contributed by atoms with Crippen molar-refractivity contribution in [2.45, 2.75) is 18.4 Å². The van der Waals surface area contributed by atoms with Crippen molar-refractivity contribution in [2.75, 3.05) is 13.2 Å². The smallest absolute Gasteiger partial charge is 0.328 e. The summed E-state index contributed by atoms with van der Waals surface area (Å²) in [6, 6.07) is 0. The summed E-state index contributed by atoms with van der Waals surface area (Å²) in [4.78, 5) is 23.8. The van der Waals surface area contributed by atoms with E-state index in [4.69, 9.17) is 9.88 Å². The Morgan fingerprint density at radius 1 is 1.47 bits per heavy atom. The Morgan fingerprint density at radius 2 is 2.12 bits per heavy atom. The highest BCUT2D eigenvalue weighted by atomic mass is 32.2. The van der Waals surface area contributed by atoms with Crippen molar-refractivity contribution in [2.24, 2.45) is 5.14 Å². The highest BCUT2D eigenvalue weighted by Crippen LogP contribution is 1.95. The molecule has 17 heavy (non-hydrogen) atoms. The normalized spacial score (nSPS) is 11.6. The maximum atomic E-state index is 11.3. The third-order valence-corrected chi connectivity index (χ3v) is 2.87. The third kappa shape index (κ3) is 3.51. The Hall–Kier alpha value is -1.45. The van der Waals surface area contributed by atoms with Crippen LogP contribution in [0.15, 0.2) is 20.7 Å². The molecule has 0 aromatic carbocycles. The standard InChI is InChI=1S/C8H13N3O5S/c1-2-16-4-3-11-5-6(17(9,14)15)7(12)10-8(11)13/h5H,2-4H2,1H3,(H2,9,14,15)(H,10,12,13). The lowest BCUT2D eigenvalue weighted by atomic mass is 10.6. The van der Waals surface area contributed by atoms with E-state index in [0.29, 0.717) is 6.61 Å². The van der Waals surface area contributed by atoms with Crippen molar-refractivity contribution in [1.29, 1.82) is 0 Å². The summed E-state index contributed by atoms with van der Waals surface area (Å²) < 4.78 is 28.2. The van der Waals surface area contributed by atoms with E-state index in [-0.39, 0.29) is 13.2 Å². The first-order chi connectivity index (χ1) is 7.86. The molecule has 0 aliphatic carbocycles. The topological polar surface area (TPSA) is 124 Å². The highest BCUT2D eigenvalue weighted by molar-refractivity contribution is 7.89. The van der Waals surface area contributed by atoms with Crippen LogP contribution in [0.1, 0.15) is 6.92 Å². The fourth-order valence-corrected chi connectivity index (χ4v) is 1.75. The summed E-state index contributed by atoms with van der Waals surface area (Å²) in [6.07, 6.45) is 0.912. The minimum absolute atomic E-state index is 0.131. The molecular weight excluding hydrogens is 250 g/mol. The first kappa shape index (κ1) is 13.6. The second kappa shape index (κ2) is 5.25. The monoisotopic (exact) mass is 263 g/mol. The Kier molecular flexibility index (Phi) is 4.21. The molecule has 8 nitrogen and oxygen atoms in total. The highest BCUT2D eigenvalue weighted by Gasteiger charge is 2.15. The minimum Gasteiger partial charge on any atom is -0.380 e. The Balaban J connectivity index is 3.16. The molecule has 9 heteroatoms. The predicted octanol–water partition coefficient (Wildman–Crippen LogP) is -1.78. The quantitative estimate of drug-likeness (QED) is 0.608. The van der Waals surface area contributed by atoms with Crippen LogP contribution in [0.4, 0.5) is 0 Å². The molecule has 0 amide bonds. The summed E-state index contributed by atoms with van der Waals surface area (Å²) in [7, 11) is -4.15. The minimum atomic E-state index is -4.15. The van der Waals surface area contributed by atoms with Gasteiger partial charge in [0, 0.05) is 12.8 Å². The van der Waals surface area contributed by atoms with Crippen LogP contribution in [-0.4, -0.2) is 31.2 Å². The van der Waals surface area contributed by atoms with E-state index in [1.165, 1.54) is 0 Å². The molecule has 0 fully saturated rings. The van der Waals surface area contributed by atoms with Crippen molar-refractivity contribution in [1.82, 2.24) is 9.55 Å². The number of ether oxygens (including phenoxy) is 1. The van der Waals surface area contributed by atoms with E-state index < -0.39 is 26.2 Å². The average Bonchev–Trinajstić information content (AvgIpc) is 2.19. The fourth-order valence-electron chi connectivity index (χ4n) is 1.17. The van der Waals surface area contributed by atoms with E-state index in [0.717, 1.165) is 10.8 Å². The second-order valence-electron chi connectivity index (χ2n) is 3.19. The lowest BCUT2D eigenvalue weighted by molar-refractivity contribution is 0.137. The lowest BCUT2D eigenvalue weighted by Crippen LogP contribution is -2.35. The molecule has 1 heterocycles. The molecule has 1 aromatic rings. The van der Waals surface area contributed by atoms with Crippen molar-refractivity contribution in [3.8, 4) is 0 Å². The molecule has 0 spiro atoms. The number of hydrogen-bond acceptors (Lipinski definition) is 5. The van der Waals surface area contributed by atoms with Gasteiger partial charge in [0.1, 0.15) is 0 Å². The molecule has 0 bridgehead atoms. The zero-order chi connectivity index (χ0) is 13.1. The van der Waals surface area contributed by atoms with Crippen LogP contribution in [0.2, 0.25) is 0 Å². The molecule has 0 unspecified atom stereocenters. The van der Waals surface area contributed by atoms with Crippen LogP contribution in [0.5, 0.6) is 0 Å². The molecule has 0 aliphatic heterocycles. The summed E-state index contributed by atoms with van der Waals surface area (Å²) >= 11 is 0. The van der Waals surface area contributed by atoms with Crippen LogP contribution in [0, 0.1) is 0 Å². The van der Waals surface area contributed by atoms with E-state index in [9.17, 15) is 18.0 Å². The van der Waals surface area contributed by atoms with Gasteiger partial charge in [-0.3, -0.25) is 14.3 Å². The van der Waals surface area contributed by atoms with Crippen molar-refractivity contribution < 1.29 is 13.2 Å². The number of aromatic nitrogens is 2. The van der Waals surface area contributed by atoms with Gasteiger partial charge in [-0.2, -0.15) is 0 Å². The van der Waals surface area contributed by atoms with Gasteiger partial charge < -0.3 is 4.74 Å². The van der Waals surface area contributed by atoms with Crippen LogP contribution < -0.4 is 16.4 Å². The largest absolute Gasteiger partial charge is 0.380 e. The molecule has 3 N–H and O–H groups in total. The van der Waals surface area contributed by atoms with Gasteiger partial charge in [-0.05, 0) is 6.92 Å². The molecule has 0 radical (unpaired) electrons. The maximum absolute atomic E-state index is 11.3. The molecule has 0 aliphatic rings. The number of aromatic amines is 1. The zero-order valence-electron chi connectivity index (χ0n) is 9.17. The predicted molar refractivity (Wildman–Crippen MR) is 59.2 cm³/mol. The molecule has 0 atom stereocenters. The number of rotatable bonds is 5. The van der Waals surface area contributed by atoms with Gasteiger partial charge in [0.2, 0.25) is 10.0 Å². The second-order valence-corrected chi connectivity index (χ2v) is 4.72. The number of nitrogens with one attached hydrogen (secondary N) is 1. The molecular formula is C8H13N3O5S. The summed E-state index contributed by atoms with van der Waals surface area (Å²) in [5, 5.41) is 4.84. The van der Waals surface area contributed by atoms with Gasteiger partial charge in [0.05, 0.1) is 13.2 Å². The van der Waals surface area contributed by atoms with E-state index in [1.54, 1.807) is 6.92 Å². The average molecular weight is 263 g/mol. The third-order valence-electron chi connectivity index (χ3n) is 1.97. The number of nitrogens with zero attached hydrogens (tertiary/aromatic N) is 1. The molecule has 1 aromatic heterocycles. The van der Waals surface area contributed by atoms with E-state index >= 15 is 0 Å². The van der Waals surface area contributed by atoms with Crippen molar-refractivity contribution in [3.63, 3.8) is 0 Å². The first-order valence-corrected chi connectivity index (χ1v) is 6.35. The van der Waals surface area contributed by atoms with Crippen molar-refractivity contribution >= 4 is 10.0 Å². The van der Waals surface area contributed by atoms with Gasteiger partial charge in [-0.25, -0.2) is 18.4 Å². The molecule has 0 saturated carbocycles. The van der Waals surface area contributed by atoms with Gasteiger partial charge in [-0.1, -0.05) is 0 Å². The molecule has 1 rings (SSSR count). The Labute approximate surface area is 97.1 Å². The number of hydrogen-bond donors (Lipinski definition) is 2. The number of primary sulfonamides is 1. The molecule has 96 valence electrons. The van der Waals surface area contributed by atoms with Crippen LogP contribution >= 0.6 is 0 Å².